The highest BCUT2D eigenvalue weighted by molar-refractivity contribution is 6.41. The molecule has 0 aliphatic heterocycles. The van der Waals surface area contributed by atoms with Crippen LogP contribution in [0.2, 0.25) is 10.0 Å². The van der Waals surface area contributed by atoms with Gasteiger partial charge in [0.15, 0.2) is 0 Å². The summed E-state index contributed by atoms with van der Waals surface area (Å²) in [6.07, 6.45) is 1.61. The Hall–Kier alpha value is -2.31. The Labute approximate surface area is 160 Å². The molecule has 0 spiro atoms. The van der Waals surface area contributed by atoms with Crippen LogP contribution in [0.1, 0.15) is 12.7 Å². The maximum atomic E-state index is 13.0. The second kappa shape index (κ2) is 7.13. The van der Waals surface area contributed by atoms with E-state index in [0.717, 1.165) is 0 Å². The summed E-state index contributed by atoms with van der Waals surface area (Å²) in [7, 11) is 3.00. The van der Waals surface area contributed by atoms with E-state index >= 15 is 0 Å². The molecule has 2 aromatic heterocycles. The van der Waals surface area contributed by atoms with Crippen molar-refractivity contribution in [3.63, 3.8) is 0 Å². The summed E-state index contributed by atoms with van der Waals surface area (Å²) >= 11 is 13.0. The minimum Gasteiger partial charge on any atom is -0.495 e. The average molecular weight is 394 g/mol. The van der Waals surface area contributed by atoms with E-state index in [4.69, 9.17) is 32.7 Å². The quantitative estimate of drug-likeness (QED) is 0.666. The van der Waals surface area contributed by atoms with Crippen molar-refractivity contribution in [1.29, 1.82) is 0 Å². The number of hydrogen-bond donors (Lipinski definition) is 0. The van der Waals surface area contributed by atoms with Crippen molar-refractivity contribution in [2.24, 2.45) is 0 Å². The molecule has 0 aliphatic carbocycles. The minimum atomic E-state index is -0.237. The molecular weight excluding hydrogens is 377 g/mol. The first-order valence-electron chi connectivity index (χ1n) is 7.90. The largest absolute Gasteiger partial charge is 0.495 e. The Morgan fingerprint density at radius 2 is 1.73 bits per heavy atom. The maximum absolute atomic E-state index is 13.0. The topological polar surface area (TPSA) is 66.2 Å². The summed E-state index contributed by atoms with van der Waals surface area (Å²) in [6, 6.07) is 3.40. The molecule has 0 aliphatic rings. The van der Waals surface area contributed by atoms with Gasteiger partial charge in [-0.05, 0) is 19.9 Å². The zero-order valence-electron chi connectivity index (χ0n) is 14.8. The van der Waals surface area contributed by atoms with Gasteiger partial charge in [-0.15, -0.1) is 0 Å². The van der Waals surface area contributed by atoms with Gasteiger partial charge in [0.25, 0.3) is 5.56 Å². The summed E-state index contributed by atoms with van der Waals surface area (Å²) < 4.78 is 12.2. The normalized spacial score (nSPS) is 11.0. The zero-order valence-corrected chi connectivity index (χ0v) is 16.3. The Kier molecular flexibility index (Phi) is 5.07. The molecule has 0 amide bonds. The summed E-state index contributed by atoms with van der Waals surface area (Å²) in [4.78, 5) is 21.4. The van der Waals surface area contributed by atoms with E-state index in [-0.39, 0.29) is 5.56 Å². The molecular formula is C18H17Cl2N3O3. The second-order valence-corrected chi connectivity index (χ2v) is 6.34. The number of pyridine rings is 1. The van der Waals surface area contributed by atoms with Crippen LogP contribution in [0.25, 0.3) is 22.2 Å². The SMILES string of the molecule is CCn1c(-c2c(Cl)c(OC)cc(OC)c2Cl)cc2cnc(C)nc2c1=O. The van der Waals surface area contributed by atoms with Crippen molar-refractivity contribution in [3.05, 3.63) is 44.6 Å². The third-order valence-electron chi connectivity index (χ3n) is 4.11. The predicted molar refractivity (Wildman–Crippen MR) is 103 cm³/mol. The van der Waals surface area contributed by atoms with Crippen LogP contribution in [-0.4, -0.2) is 28.8 Å². The number of hydrogen-bond acceptors (Lipinski definition) is 5. The van der Waals surface area contributed by atoms with Gasteiger partial charge in [-0.25, -0.2) is 9.97 Å². The molecule has 3 rings (SSSR count). The van der Waals surface area contributed by atoms with Crippen LogP contribution in [-0.2, 0) is 6.54 Å². The molecule has 0 radical (unpaired) electrons. The van der Waals surface area contributed by atoms with Gasteiger partial charge in [0.1, 0.15) is 22.8 Å². The third-order valence-corrected chi connectivity index (χ3v) is 4.86. The molecule has 0 unspecified atom stereocenters. The first-order chi connectivity index (χ1) is 12.4. The smallest absolute Gasteiger partial charge is 0.277 e. The van der Waals surface area contributed by atoms with E-state index in [1.54, 1.807) is 29.8 Å². The maximum Gasteiger partial charge on any atom is 0.277 e. The number of benzene rings is 1. The first kappa shape index (κ1) is 18.5. The molecule has 0 atom stereocenters. The Morgan fingerprint density at radius 1 is 1.12 bits per heavy atom. The van der Waals surface area contributed by atoms with Crippen LogP contribution in [0.5, 0.6) is 11.5 Å². The average Bonchev–Trinajstić information content (AvgIpc) is 2.63. The lowest BCUT2D eigenvalue weighted by atomic mass is 10.1. The van der Waals surface area contributed by atoms with Crippen LogP contribution in [0.4, 0.5) is 0 Å². The van der Waals surface area contributed by atoms with Gasteiger partial charge >= 0.3 is 0 Å². The Bertz CT molecular complexity index is 1040. The highest BCUT2D eigenvalue weighted by Crippen LogP contribution is 2.45. The van der Waals surface area contributed by atoms with Gasteiger partial charge in [-0.3, -0.25) is 4.79 Å². The number of nitrogens with zero attached hydrogens (tertiary/aromatic N) is 3. The number of aromatic nitrogens is 3. The molecule has 0 saturated carbocycles. The molecule has 0 N–H and O–H groups in total. The fourth-order valence-corrected chi connectivity index (χ4v) is 3.54. The van der Waals surface area contributed by atoms with Crippen LogP contribution >= 0.6 is 23.2 Å². The molecule has 2 heterocycles. The fraction of sp³-hybridized carbons (Fsp3) is 0.278. The lowest BCUT2D eigenvalue weighted by molar-refractivity contribution is 0.395. The predicted octanol–water partition coefficient (Wildman–Crippen LogP) is 4.11. The molecule has 136 valence electrons. The molecule has 26 heavy (non-hydrogen) atoms. The first-order valence-corrected chi connectivity index (χ1v) is 8.66. The molecule has 0 bridgehead atoms. The molecule has 8 heteroatoms. The Morgan fingerprint density at radius 3 is 2.27 bits per heavy atom. The standard InChI is InChI=1S/C18H17Cl2N3O3/c1-5-23-11(6-10-8-21-9(2)22-17(10)18(23)24)14-15(19)12(25-3)7-13(26-4)16(14)20/h6-8H,5H2,1-4H3. The van der Waals surface area contributed by atoms with Gasteiger partial charge in [0, 0.05) is 29.8 Å². The summed E-state index contributed by atoms with van der Waals surface area (Å²) in [5, 5.41) is 1.20. The van der Waals surface area contributed by atoms with Crippen LogP contribution in [0, 0.1) is 6.92 Å². The Balaban J connectivity index is 2.46. The van der Waals surface area contributed by atoms with Crippen molar-refractivity contribution in [1.82, 2.24) is 14.5 Å². The number of halogens is 2. The highest BCUT2D eigenvalue weighted by atomic mass is 35.5. The number of methoxy groups -OCH3 is 2. The van der Waals surface area contributed by atoms with Gasteiger partial charge < -0.3 is 14.0 Å². The van der Waals surface area contributed by atoms with Gasteiger partial charge in [-0.2, -0.15) is 0 Å². The van der Waals surface area contributed by atoms with Gasteiger partial charge in [0.05, 0.1) is 30.0 Å². The zero-order chi connectivity index (χ0) is 19.0. The molecule has 6 nitrogen and oxygen atoms in total. The van der Waals surface area contributed by atoms with Gasteiger partial charge in [0.2, 0.25) is 0 Å². The number of rotatable bonds is 4. The summed E-state index contributed by atoms with van der Waals surface area (Å²) in [5.41, 5.74) is 1.13. The van der Waals surface area contributed by atoms with E-state index in [1.807, 2.05) is 6.92 Å². The number of ether oxygens (including phenoxy) is 2. The molecule has 1 aromatic carbocycles. The monoisotopic (exact) mass is 393 g/mol. The van der Waals surface area contributed by atoms with E-state index in [2.05, 4.69) is 9.97 Å². The van der Waals surface area contributed by atoms with Crippen molar-refractivity contribution < 1.29 is 9.47 Å². The highest BCUT2D eigenvalue weighted by Gasteiger charge is 2.22. The van der Waals surface area contributed by atoms with Crippen LogP contribution < -0.4 is 15.0 Å². The second-order valence-electron chi connectivity index (χ2n) is 5.58. The van der Waals surface area contributed by atoms with Crippen molar-refractivity contribution in [2.45, 2.75) is 20.4 Å². The molecule has 0 fully saturated rings. The molecule has 0 saturated heterocycles. The lowest BCUT2D eigenvalue weighted by Crippen LogP contribution is -2.22. The lowest BCUT2D eigenvalue weighted by Gasteiger charge is -2.18. The summed E-state index contributed by atoms with van der Waals surface area (Å²) in [5.74, 6) is 1.33. The van der Waals surface area contributed by atoms with Gasteiger partial charge in [-0.1, -0.05) is 23.2 Å². The van der Waals surface area contributed by atoms with Crippen LogP contribution in [0.3, 0.4) is 0 Å². The fourth-order valence-electron chi connectivity index (χ4n) is 2.85. The minimum absolute atomic E-state index is 0.237. The van der Waals surface area contributed by atoms with E-state index in [1.165, 1.54) is 14.2 Å². The van der Waals surface area contributed by atoms with Crippen LogP contribution in [0.15, 0.2) is 23.1 Å². The number of aryl methyl sites for hydroxylation is 1. The van der Waals surface area contributed by atoms with Crippen molar-refractivity contribution in [3.8, 4) is 22.8 Å². The van der Waals surface area contributed by atoms with E-state index in [9.17, 15) is 4.79 Å². The summed E-state index contributed by atoms with van der Waals surface area (Å²) in [6.45, 7) is 4.02. The van der Waals surface area contributed by atoms with E-state index < -0.39 is 0 Å². The van der Waals surface area contributed by atoms with Crippen molar-refractivity contribution >= 4 is 34.1 Å². The molecule has 3 aromatic rings. The van der Waals surface area contributed by atoms with E-state index in [0.29, 0.717) is 56.1 Å². The van der Waals surface area contributed by atoms with Crippen molar-refractivity contribution in [2.75, 3.05) is 14.2 Å². The third kappa shape index (κ3) is 2.89. The number of fused-ring (bicyclic) bond motifs is 1.